The van der Waals surface area contributed by atoms with Gasteiger partial charge in [-0.25, -0.2) is 4.39 Å². The number of carbonyl (C=O) groups is 2. The predicted octanol–water partition coefficient (Wildman–Crippen LogP) is 2.64. The SMILES string of the molecule is O=C1CN(c2ccc(Cl)cc2F)C(=O)C2(CCCCC2)N1. The number of hydrogen-bond acceptors (Lipinski definition) is 2. The van der Waals surface area contributed by atoms with Crippen LogP contribution in [0.1, 0.15) is 32.1 Å². The standard InChI is InChI=1S/C15H16ClFN2O2/c16-10-4-5-12(11(17)8-10)19-9-13(20)18-15(14(19)21)6-2-1-3-7-15/h4-5,8H,1-3,6-7,9H2,(H,18,20). The Morgan fingerprint density at radius 2 is 1.90 bits per heavy atom. The number of halogens is 2. The molecule has 2 fully saturated rings. The second-order valence-electron chi connectivity index (χ2n) is 5.68. The lowest BCUT2D eigenvalue weighted by molar-refractivity contribution is -0.137. The number of anilines is 1. The van der Waals surface area contributed by atoms with E-state index in [2.05, 4.69) is 5.32 Å². The summed E-state index contributed by atoms with van der Waals surface area (Å²) in [7, 11) is 0. The first kappa shape index (κ1) is 14.3. The number of amides is 2. The lowest BCUT2D eigenvalue weighted by atomic mass is 9.79. The van der Waals surface area contributed by atoms with Gasteiger partial charge in [0.2, 0.25) is 5.91 Å². The summed E-state index contributed by atoms with van der Waals surface area (Å²) >= 11 is 5.74. The monoisotopic (exact) mass is 310 g/mol. The lowest BCUT2D eigenvalue weighted by Gasteiger charge is -2.44. The maximum atomic E-state index is 14.1. The van der Waals surface area contributed by atoms with Gasteiger partial charge < -0.3 is 5.32 Å². The van der Waals surface area contributed by atoms with Crippen molar-refractivity contribution >= 4 is 29.1 Å². The Bertz CT molecular complexity index is 599. The molecule has 1 aliphatic heterocycles. The quantitative estimate of drug-likeness (QED) is 0.867. The topological polar surface area (TPSA) is 49.4 Å². The zero-order valence-corrected chi connectivity index (χ0v) is 12.3. The number of rotatable bonds is 1. The minimum Gasteiger partial charge on any atom is -0.340 e. The Kier molecular flexibility index (Phi) is 3.61. The molecule has 1 aliphatic carbocycles. The summed E-state index contributed by atoms with van der Waals surface area (Å²) < 4.78 is 14.1. The second-order valence-corrected chi connectivity index (χ2v) is 6.11. The van der Waals surface area contributed by atoms with E-state index >= 15 is 0 Å². The summed E-state index contributed by atoms with van der Waals surface area (Å²) in [5, 5.41) is 3.10. The van der Waals surface area contributed by atoms with Crippen molar-refractivity contribution in [2.24, 2.45) is 0 Å². The highest BCUT2D eigenvalue weighted by molar-refractivity contribution is 6.30. The van der Waals surface area contributed by atoms with Crippen molar-refractivity contribution in [1.82, 2.24) is 5.32 Å². The number of carbonyl (C=O) groups excluding carboxylic acids is 2. The fourth-order valence-electron chi connectivity index (χ4n) is 3.22. The molecule has 0 unspecified atom stereocenters. The number of nitrogens with one attached hydrogen (secondary N) is 1. The zero-order chi connectivity index (χ0) is 15.0. The molecule has 6 heteroatoms. The molecule has 0 radical (unpaired) electrons. The fourth-order valence-corrected chi connectivity index (χ4v) is 3.38. The zero-order valence-electron chi connectivity index (χ0n) is 11.5. The number of hydrogen-bond donors (Lipinski definition) is 1. The van der Waals surface area contributed by atoms with Crippen molar-refractivity contribution in [3.63, 3.8) is 0 Å². The number of benzene rings is 1. The first-order valence-electron chi connectivity index (χ1n) is 7.10. The maximum Gasteiger partial charge on any atom is 0.253 e. The van der Waals surface area contributed by atoms with E-state index in [0.717, 1.165) is 25.3 Å². The molecular formula is C15H16ClFN2O2. The molecule has 112 valence electrons. The summed E-state index contributed by atoms with van der Waals surface area (Å²) in [5.74, 6) is -1.05. The molecule has 1 saturated carbocycles. The van der Waals surface area contributed by atoms with Crippen LogP contribution in [0.15, 0.2) is 18.2 Å². The van der Waals surface area contributed by atoms with Crippen LogP contribution >= 0.6 is 11.6 Å². The molecule has 0 aromatic heterocycles. The van der Waals surface area contributed by atoms with Gasteiger partial charge >= 0.3 is 0 Å². The molecule has 2 aliphatic rings. The molecule has 4 nitrogen and oxygen atoms in total. The molecular weight excluding hydrogens is 295 g/mol. The minimum atomic E-state index is -0.861. The van der Waals surface area contributed by atoms with E-state index in [1.54, 1.807) is 0 Å². The third-order valence-corrected chi connectivity index (χ3v) is 4.48. The van der Waals surface area contributed by atoms with Gasteiger partial charge in [0.25, 0.3) is 5.91 Å². The molecule has 0 bridgehead atoms. The molecule has 1 saturated heterocycles. The highest BCUT2D eigenvalue weighted by Crippen LogP contribution is 2.34. The van der Waals surface area contributed by atoms with Gasteiger partial charge in [-0.1, -0.05) is 30.9 Å². The van der Waals surface area contributed by atoms with Crippen LogP contribution in [0.3, 0.4) is 0 Å². The summed E-state index contributed by atoms with van der Waals surface area (Å²) in [6, 6.07) is 4.13. The maximum absolute atomic E-state index is 14.1. The van der Waals surface area contributed by atoms with E-state index in [1.165, 1.54) is 17.0 Å². The highest BCUT2D eigenvalue weighted by Gasteiger charge is 2.47. The summed E-state index contributed by atoms with van der Waals surface area (Å²) in [4.78, 5) is 26.0. The van der Waals surface area contributed by atoms with E-state index in [-0.39, 0.29) is 29.1 Å². The van der Waals surface area contributed by atoms with Gasteiger partial charge in [-0.15, -0.1) is 0 Å². The molecule has 1 aromatic carbocycles. The molecule has 1 heterocycles. The average molecular weight is 311 g/mol. The number of nitrogens with zero attached hydrogens (tertiary/aromatic N) is 1. The largest absolute Gasteiger partial charge is 0.340 e. The highest BCUT2D eigenvalue weighted by atomic mass is 35.5. The van der Waals surface area contributed by atoms with Crippen molar-refractivity contribution in [3.8, 4) is 0 Å². The third kappa shape index (κ3) is 2.50. The second kappa shape index (κ2) is 5.30. The smallest absolute Gasteiger partial charge is 0.253 e. The first-order valence-corrected chi connectivity index (χ1v) is 7.48. The van der Waals surface area contributed by atoms with Crippen molar-refractivity contribution in [2.45, 2.75) is 37.6 Å². The Labute approximate surface area is 127 Å². The van der Waals surface area contributed by atoms with Crippen LogP contribution in [-0.4, -0.2) is 23.9 Å². The molecule has 1 N–H and O–H groups in total. The van der Waals surface area contributed by atoms with Crippen LogP contribution in [0.2, 0.25) is 5.02 Å². The molecule has 1 aromatic rings. The number of piperazine rings is 1. The van der Waals surface area contributed by atoms with Crippen LogP contribution in [0.5, 0.6) is 0 Å². The van der Waals surface area contributed by atoms with Crippen LogP contribution in [-0.2, 0) is 9.59 Å². The van der Waals surface area contributed by atoms with Gasteiger partial charge in [-0.3, -0.25) is 14.5 Å². The van der Waals surface area contributed by atoms with Gasteiger partial charge in [-0.05, 0) is 31.0 Å². The Balaban J connectivity index is 1.97. The summed E-state index contributed by atoms with van der Waals surface area (Å²) in [5.41, 5.74) is -0.746. The molecule has 2 amide bonds. The van der Waals surface area contributed by atoms with Crippen molar-refractivity contribution in [3.05, 3.63) is 29.0 Å². The van der Waals surface area contributed by atoms with Gasteiger partial charge in [0.15, 0.2) is 0 Å². The Morgan fingerprint density at radius 3 is 2.57 bits per heavy atom. The van der Waals surface area contributed by atoms with Gasteiger partial charge in [0, 0.05) is 5.02 Å². The summed E-state index contributed by atoms with van der Waals surface area (Å²) in [6.07, 6.45) is 4.07. The average Bonchev–Trinajstić information content (AvgIpc) is 2.44. The van der Waals surface area contributed by atoms with E-state index in [4.69, 9.17) is 11.6 Å². The summed E-state index contributed by atoms with van der Waals surface area (Å²) in [6.45, 7) is -0.154. The van der Waals surface area contributed by atoms with Gasteiger partial charge in [0.1, 0.15) is 17.9 Å². The first-order chi connectivity index (χ1) is 10.0. The molecule has 1 spiro atoms. The van der Waals surface area contributed by atoms with Crippen LogP contribution in [0.4, 0.5) is 10.1 Å². The Morgan fingerprint density at radius 1 is 1.19 bits per heavy atom. The van der Waals surface area contributed by atoms with Crippen LogP contribution < -0.4 is 10.2 Å². The lowest BCUT2D eigenvalue weighted by Crippen LogP contribution is -2.67. The van der Waals surface area contributed by atoms with E-state index in [9.17, 15) is 14.0 Å². The fraction of sp³-hybridized carbons (Fsp3) is 0.467. The minimum absolute atomic E-state index is 0.115. The van der Waals surface area contributed by atoms with E-state index < -0.39 is 11.4 Å². The third-order valence-electron chi connectivity index (χ3n) is 4.24. The van der Waals surface area contributed by atoms with Crippen LogP contribution in [0.25, 0.3) is 0 Å². The van der Waals surface area contributed by atoms with Gasteiger partial charge in [0.05, 0.1) is 5.69 Å². The van der Waals surface area contributed by atoms with Crippen molar-refractivity contribution in [2.75, 3.05) is 11.4 Å². The van der Waals surface area contributed by atoms with Crippen LogP contribution in [0, 0.1) is 5.82 Å². The van der Waals surface area contributed by atoms with E-state index in [1.807, 2.05) is 0 Å². The van der Waals surface area contributed by atoms with Gasteiger partial charge in [-0.2, -0.15) is 0 Å². The van der Waals surface area contributed by atoms with Crippen molar-refractivity contribution < 1.29 is 14.0 Å². The Hall–Kier alpha value is -1.62. The van der Waals surface area contributed by atoms with E-state index in [0.29, 0.717) is 12.8 Å². The molecule has 21 heavy (non-hydrogen) atoms. The van der Waals surface area contributed by atoms with Crippen molar-refractivity contribution in [1.29, 1.82) is 0 Å². The molecule has 0 atom stereocenters. The molecule has 3 rings (SSSR count). The normalized spacial score (nSPS) is 21.5. The predicted molar refractivity (Wildman–Crippen MR) is 77.7 cm³/mol.